The second kappa shape index (κ2) is 10.3. The van der Waals surface area contributed by atoms with Gasteiger partial charge in [-0.05, 0) is 53.8 Å². The first kappa shape index (κ1) is 24.0. The van der Waals surface area contributed by atoms with Crippen LogP contribution >= 0.6 is 23.2 Å². The van der Waals surface area contributed by atoms with Crippen molar-refractivity contribution in [2.24, 2.45) is 0 Å². The molecule has 0 saturated carbocycles. The Morgan fingerprint density at radius 3 is 2.31 bits per heavy atom. The summed E-state index contributed by atoms with van der Waals surface area (Å²) in [5.74, 6) is -1.92. The molecule has 166 valence electrons. The Bertz CT molecular complexity index is 1110. The zero-order chi connectivity index (χ0) is 23.3. The van der Waals surface area contributed by atoms with Crippen LogP contribution in [0.2, 0.25) is 10.0 Å². The van der Waals surface area contributed by atoms with Gasteiger partial charge in [0.1, 0.15) is 6.33 Å². The summed E-state index contributed by atoms with van der Waals surface area (Å²) in [6.07, 6.45) is 3.47. The molecule has 32 heavy (non-hydrogen) atoms. The summed E-state index contributed by atoms with van der Waals surface area (Å²) in [7, 11) is 0. The number of allylic oxidation sites excluding steroid dienone is 1. The van der Waals surface area contributed by atoms with Crippen molar-refractivity contribution in [1.82, 2.24) is 9.97 Å². The van der Waals surface area contributed by atoms with E-state index in [-0.39, 0.29) is 27.8 Å². The van der Waals surface area contributed by atoms with E-state index in [1.807, 2.05) is 0 Å². The number of ketones is 1. The highest BCUT2D eigenvalue weighted by Crippen LogP contribution is 2.38. The summed E-state index contributed by atoms with van der Waals surface area (Å²) in [5.41, 5.74) is 2.60. The fourth-order valence-corrected chi connectivity index (χ4v) is 3.87. The molecule has 0 fully saturated rings. The molecule has 2 aromatic carbocycles. The Labute approximate surface area is 193 Å². The molecule has 0 aliphatic rings. The van der Waals surface area contributed by atoms with Crippen LogP contribution in [0, 0.1) is 6.92 Å². The van der Waals surface area contributed by atoms with Crippen LogP contribution in [0.5, 0.6) is 0 Å². The average molecular weight is 479 g/mol. The number of alkyl halides is 3. The third-order valence-electron chi connectivity index (χ3n) is 4.88. The normalized spacial score (nSPS) is 12.8. The van der Waals surface area contributed by atoms with Gasteiger partial charge in [0.05, 0.1) is 5.92 Å². The van der Waals surface area contributed by atoms with Gasteiger partial charge in [0.2, 0.25) is 0 Å². The second-order valence-corrected chi connectivity index (χ2v) is 8.20. The maximum absolute atomic E-state index is 13.7. The standard InChI is InChI=1S/C24H19Cl2F3N2O/c1-15-8-16(2-5-21(15)23(32)7-4-17-12-30-14-31-13-17)3-6-22(24(27,28)29)18-9-19(25)11-20(26)10-18/h2-3,5-6,8-14,22H,4,7H2,1H3/b6-3+. The van der Waals surface area contributed by atoms with Gasteiger partial charge in [-0.2, -0.15) is 13.2 Å². The number of Topliss-reactive ketones (excluding diaryl/α,β-unsaturated/α-hetero) is 1. The molecule has 0 aliphatic heterocycles. The van der Waals surface area contributed by atoms with Crippen molar-refractivity contribution in [3.63, 3.8) is 0 Å². The lowest BCUT2D eigenvalue weighted by Gasteiger charge is -2.18. The van der Waals surface area contributed by atoms with Gasteiger partial charge < -0.3 is 0 Å². The van der Waals surface area contributed by atoms with E-state index in [2.05, 4.69) is 9.97 Å². The third kappa shape index (κ3) is 6.40. The van der Waals surface area contributed by atoms with Gasteiger partial charge in [0, 0.05) is 34.4 Å². The number of aryl methyl sites for hydroxylation is 2. The minimum Gasteiger partial charge on any atom is -0.294 e. The van der Waals surface area contributed by atoms with Crippen molar-refractivity contribution in [2.75, 3.05) is 0 Å². The third-order valence-corrected chi connectivity index (χ3v) is 5.32. The highest BCUT2D eigenvalue weighted by Gasteiger charge is 2.39. The topological polar surface area (TPSA) is 42.9 Å². The molecule has 1 atom stereocenters. The van der Waals surface area contributed by atoms with E-state index in [0.717, 1.165) is 11.6 Å². The monoisotopic (exact) mass is 478 g/mol. The number of rotatable bonds is 7. The van der Waals surface area contributed by atoms with E-state index < -0.39 is 12.1 Å². The number of nitrogens with zero attached hydrogens (tertiary/aromatic N) is 2. The van der Waals surface area contributed by atoms with Gasteiger partial charge in [-0.1, -0.05) is 53.6 Å². The molecule has 1 unspecified atom stereocenters. The SMILES string of the molecule is Cc1cc(/C=C/C(c2cc(Cl)cc(Cl)c2)C(F)(F)F)ccc1C(=O)CCc1cncnc1. The predicted octanol–water partition coefficient (Wildman–Crippen LogP) is 7.27. The zero-order valence-corrected chi connectivity index (χ0v) is 18.5. The molecule has 0 aliphatic carbocycles. The molecule has 1 heterocycles. The number of carbonyl (C=O) groups excluding carboxylic acids is 1. The van der Waals surface area contributed by atoms with Crippen LogP contribution in [0.1, 0.15) is 45.0 Å². The van der Waals surface area contributed by atoms with Crippen molar-refractivity contribution < 1.29 is 18.0 Å². The van der Waals surface area contributed by atoms with Gasteiger partial charge >= 0.3 is 6.18 Å². The average Bonchev–Trinajstić information content (AvgIpc) is 2.71. The van der Waals surface area contributed by atoms with Gasteiger partial charge in [-0.15, -0.1) is 0 Å². The molecule has 3 aromatic rings. The minimum absolute atomic E-state index is 0.0420. The first-order valence-electron chi connectivity index (χ1n) is 9.72. The largest absolute Gasteiger partial charge is 0.399 e. The molecule has 3 rings (SSSR count). The van der Waals surface area contributed by atoms with Crippen molar-refractivity contribution in [3.05, 3.63) is 99.1 Å². The molecule has 0 amide bonds. The van der Waals surface area contributed by atoms with Crippen LogP contribution in [-0.4, -0.2) is 21.9 Å². The lowest BCUT2D eigenvalue weighted by Crippen LogP contribution is -2.18. The number of hydrogen-bond donors (Lipinski definition) is 0. The van der Waals surface area contributed by atoms with Gasteiger partial charge in [0.25, 0.3) is 0 Å². The van der Waals surface area contributed by atoms with Gasteiger partial charge in [-0.25, -0.2) is 9.97 Å². The molecule has 0 saturated heterocycles. The lowest BCUT2D eigenvalue weighted by molar-refractivity contribution is -0.139. The molecule has 8 heteroatoms. The molecule has 0 bridgehead atoms. The van der Waals surface area contributed by atoms with Crippen LogP contribution in [0.15, 0.2) is 61.2 Å². The van der Waals surface area contributed by atoms with Crippen LogP contribution in [0.4, 0.5) is 13.2 Å². The smallest absolute Gasteiger partial charge is 0.294 e. The maximum Gasteiger partial charge on any atom is 0.399 e. The van der Waals surface area contributed by atoms with Crippen LogP contribution in [0.25, 0.3) is 6.08 Å². The van der Waals surface area contributed by atoms with E-state index >= 15 is 0 Å². The van der Waals surface area contributed by atoms with Crippen molar-refractivity contribution >= 4 is 35.1 Å². The summed E-state index contributed by atoms with van der Waals surface area (Å²) >= 11 is 11.8. The van der Waals surface area contributed by atoms with Crippen LogP contribution in [-0.2, 0) is 6.42 Å². The molecular formula is C24H19Cl2F3N2O. The maximum atomic E-state index is 13.7. The number of carbonyl (C=O) groups is 1. The molecule has 0 spiro atoms. The predicted molar refractivity (Wildman–Crippen MR) is 120 cm³/mol. The Hall–Kier alpha value is -2.70. The number of benzene rings is 2. The molecule has 0 radical (unpaired) electrons. The Balaban J connectivity index is 1.77. The first-order chi connectivity index (χ1) is 15.1. The summed E-state index contributed by atoms with van der Waals surface area (Å²) in [5, 5.41) is 0.270. The lowest BCUT2D eigenvalue weighted by atomic mass is 9.95. The highest BCUT2D eigenvalue weighted by atomic mass is 35.5. The Kier molecular flexibility index (Phi) is 7.69. The Morgan fingerprint density at radius 1 is 1.06 bits per heavy atom. The van der Waals surface area contributed by atoms with Gasteiger partial charge in [-0.3, -0.25) is 4.79 Å². The highest BCUT2D eigenvalue weighted by molar-refractivity contribution is 6.34. The molecular weight excluding hydrogens is 460 g/mol. The van der Waals surface area contributed by atoms with Crippen molar-refractivity contribution in [1.29, 1.82) is 0 Å². The summed E-state index contributed by atoms with van der Waals surface area (Å²) in [6.45, 7) is 1.76. The summed E-state index contributed by atoms with van der Waals surface area (Å²) < 4.78 is 41.0. The molecule has 0 N–H and O–H groups in total. The quantitative estimate of drug-likeness (QED) is 0.335. The van der Waals surface area contributed by atoms with E-state index in [1.54, 1.807) is 37.5 Å². The van der Waals surface area contributed by atoms with E-state index in [4.69, 9.17) is 23.2 Å². The van der Waals surface area contributed by atoms with Crippen molar-refractivity contribution in [3.8, 4) is 0 Å². The number of hydrogen-bond acceptors (Lipinski definition) is 3. The summed E-state index contributed by atoms with van der Waals surface area (Å²) in [4.78, 5) is 20.4. The van der Waals surface area contributed by atoms with E-state index in [9.17, 15) is 18.0 Å². The minimum atomic E-state index is -4.52. The fraction of sp³-hybridized carbons (Fsp3) is 0.208. The molecule has 3 nitrogen and oxygen atoms in total. The molecule has 1 aromatic heterocycles. The van der Waals surface area contributed by atoms with Gasteiger partial charge in [0.15, 0.2) is 5.78 Å². The Morgan fingerprint density at radius 2 is 1.72 bits per heavy atom. The first-order valence-corrected chi connectivity index (χ1v) is 10.5. The van der Waals surface area contributed by atoms with Crippen LogP contribution in [0.3, 0.4) is 0 Å². The number of halogens is 5. The second-order valence-electron chi connectivity index (χ2n) is 7.33. The van der Waals surface area contributed by atoms with E-state index in [1.165, 1.54) is 30.6 Å². The fourth-order valence-electron chi connectivity index (χ4n) is 3.33. The van der Waals surface area contributed by atoms with E-state index in [0.29, 0.717) is 23.1 Å². The van der Waals surface area contributed by atoms with Crippen LogP contribution < -0.4 is 0 Å². The summed E-state index contributed by atoms with van der Waals surface area (Å²) in [6, 6.07) is 8.83. The van der Waals surface area contributed by atoms with Crippen molar-refractivity contribution in [2.45, 2.75) is 31.9 Å². The number of aromatic nitrogens is 2. The zero-order valence-electron chi connectivity index (χ0n) is 17.0.